The van der Waals surface area contributed by atoms with E-state index >= 15 is 0 Å². The molecule has 2 heteroatoms. The second-order valence-corrected chi connectivity index (χ2v) is 6.84. The van der Waals surface area contributed by atoms with Crippen molar-refractivity contribution in [3.63, 3.8) is 0 Å². The highest BCUT2D eigenvalue weighted by Gasteiger charge is 2.41. The first-order valence-electron chi connectivity index (χ1n) is 9.22. The zero-order valence-corrected chi connectivity index (χ0v) is 14.9. The number of fused-ring (bicyclic) bond motifs is 1. The number of unbranched alkanes of at least 4 members (excludes halogenated alkanes) is 1. The summed E-state index contributed by atoms with van der Waals surface area (Å²) in [5, 5.41) is 15.5. The summed E-state index contributed by atoms with van der Waals surface area (Å²) in [6, 6.07) is 0. The molecule has 0 aromatic rings. The first-order chi connectivity index (χ1) is 10.2. The highest BCUT2D eigenvalue weighted by Crippen LogP contribution is 2.47. The average molecular weight is 298 g/mol. The fraction of sp³-hybridized carbons (Fsp3) is 0.947. The van der Waals surface area contributed by atoms with Crippen molar-refractivity contribution >= 4 is 6.72 Å². The molecule has 0 amide bonds. The Morgan fingerprint density at radius 1 is 1.00 bits per heavy atom. The van der Waals surface area contributed by atoms with Crippen LogP contribution in [0.5, 0.6) is 0 Å². The van der Waals surface area contributed by atoms with Crippen molar-refractivity contribution in [2.45, 2.75) is 91.6 Å². The molecule has 126 valence electrons. The lowest BCUT2D eigenvalue weighted by atomic mass is 9.75. The third kappa shape index (κ3) is 6.95. The molecule has 2 N–H and O–H groups in total. The molecule has 0 spiro atoms. The molecule has 0 saturated heterocycles. The van der Waals surface area contributed by atoms with E-state index in [1.54, 1.807) is 0 Å². The molecule has 2 saturated carbocycles. The van der Waals surface area contributed by atoms with Crippen molar-refractivity contribution < 1.29 is 5.11 Å². The van der Waals surface area contributed by atoms with Gasteiger partial charge < -0.3 is 10.5 Å². The highest BCUT2D eigenvalue weighted by atomic mass is 16.3. The van der Waals surface area contributed by atoms with Gasteiger partial charge in [0.15, 0.2) is 0 Å². The topological polar surface area (TPSA) is 44.1 Å². The van der Waals surface area contributed by atoms with Gasteiger partial charge in [0, 0.05) is 0 Å². The Morgan fingerprint density at radius 3 is 2.29 bits per heavy atom. The van der Waals surface area contributed by atoms with Crippen LogP contribution in [0.15, 0.2) is 0 Å². The minimum atomic E-state index is 0.0365. The SMILES string of the molecule is C=N.CC.CC(C)CCCCC1CCC2C(O)CCCC12. The van der Waals surface area contributed by atoms with Crippen LogP contribution in [0.4, 0.5) is 0 Å². The molecule has 4 atom stereocenters. The van der Waals surface area contributed by atoms with Gasteiger partial charge in [-0.1, -0.05) is 59.8 Å². The maximum atomic E-state index is 10.0. The zero-order chi connectivity index (χ0) is 16.3. The van der Waals surface area contributed by atoms with Gasteiger partial charge in [-0.3, -0.25) is 0 Å². The fourth-order valence-corrected chi connectivity index (χ4v) is 4.21. The van der Waals surface area contributed by atoms with E-state index in [1.165, 1.54) is 51.4 Å². The Balaban J connectivity index is 0.000000921. The number of rotatable bonds is 5. The van der Waals surface area contributed by atoms with Crippen LogP contribution >= 0.6 is 0 Å². The van der Waals surface area contributed by atoms with Crippen molar-refractivity contribution in [3.05, 3.63) is 0 Å². The van der Waals surface area contributed by atoms with E-state index in [1.807, 2.05) is 13.8 Å². The third-order valence-electron chi connectivity index (χ3n) is 5.16. The molecule has 0 bridgehead atoms. The molecule has 0 radical (unpaired) electrons. The van der Waals surface area contributed by atoms with Gasteiger partial charge in [-0.2, -0.15) is 0 Å². The van der Waals surface area contributed by atoms with E-state index in [4.69, 9.17) is 5.41 Å². The predicted molar refractivity (Wildman–Crippen MR) is 94.1 cm³/mol. The maximum absolute atomic E-state index is 10.0. The number of aliphatic hydroxyl groups is 1. The van der Waals surface area contributed by atoms with E-state index in [0.717, 1.165) is 24.2 Å². The van der Waals surface area contributed by atoms with Gasteiger partial charge >= 0.3 is 0 Å². The molecule has 2 aliphatic rings. The summed E-state index contributed by atoms with van der Waals surface area (Å²) in [5.74, 6) is 3.35. The monoisotopic (exact) mass is 297 g/mol. The van der Waals surface area contributed by atoms with Gasteiger partial charge in [-0.25, -0.2) is 0 Å². The molecule has 2 nitrogen and oxygen atoms in total. The fourth-order valence-electron chi connectivity index (χ4n) is 4.21. The van der Waals surface area contributed by atoms with Crippen molar-refractivity contribution in [1.29, 1.82) is 5.41 Å². The molecule has 4 unspecified atom stereocenters. The van der Waals surface area contributed by atoms with Crippen LogP contribution in [0, 0.1) is 29.1 Å². The van der Waals surface area contributed by atoms with Crippen LogP contribution in [0.2, 0.25) is 0 Å². The number of hydrogen-bond acceptors (Lipinski definition) is 2. The third-order valence-corrected chi connectivity index (χ3v) is 5.16. The first-order valence-corrected chi connectivity index (χ1v) is 9.22. The molecular formula is C19H39NO. The summed E-state index contributed by atoms with van der Waals surface area (Å²) in [7, 11) is 0. The van der Waals surface area contributed by atoms with Crippen molar-refractivity contribution in [3.8, 4) is 0 Å². The van der Waals surface area contributed by atoms with E-state index in [2.05, 4.69) is 20.6 Å². The normalized spacial score (nSPS) is 30.8. The molecule has 0 aliphatic heterocycles. The van der Waals surface area contributed by atoms with Crippen molar-refractivity contribution in [1.82, 2.24) is 0 Å². The summed E-state index contributed by atoms with van der Waals surface area (Å²) in [5.41, 5.74) is 0. The first kappa shape index (κ1) is 20.6. The Hall–Kier alpha value is -0.370. The van der Waals surface area contributed by atoms with Crippen LogP contribution in [-0.2, 0) is 0 Å². The smallest absolute Gasteiger partial charge is 0.0571 e. The lowest BCUT2D eigenvalue weighted by Crippen LogP contribution is -2.30. The lowest BCUT2D eigenvalue weighted by molar-refractivity contribution is 0.0367. The molecular weight excluding hydrogens is 258 g/mol. The molecule has 2 fully saturated rings. The van der Waals surface area contributed by atoms with Gasteiger partial charge in [-0.15, -0.1) is 0 Å². The summed E-state index contributed by atoms with van der Waals surface area (Å²) < 4.78 is 0. The van der Waals surface area contributed by atoms with E-state index in [9.17, 15) is 5.11 Å². The summed E-state index contributed by atoms with van der Waals surface area (Å²) >= 11 is 0. The quantitative estimate of drug-likeness (QED) is 0.497. The number of nitrogens with one attached hydrogen (secondary N) is 1. The molecule has 0 heterocycles. The second-order valence-electron chi connectivity index (χ2n) is 6.84. The van der Waals surface area contributed by atoms with Gasteiger partial charge in [0.1, 0.15) is 0 Å². The zero-order valence-electron chi connectivity index (χ0n) is 14.9. The molecule has 0 aromatic heterocycles. The molecule has 2 aliphatic carbocycles. The van der Waals surface area contributed by atoms with Crippen LogP contribution in [0.1, 0.15) is 85.5 Å². The van der Waals surface area contributed by atoms with E-state index < -0.39 is 0 Å². The summed E-state index contributed by atoms with van der Waals surface area (Å²) in [6.45, 7) is 11.1. The number of hydrogen-bond donors (Lipinski definition) is 2. The van der Waals surface area contributed by atoms with Gasteiger partial charge in [-0.05, 0) is 56.1 Å². The van der Waals surface area contributed by atoms with Gasteiger partial charge in [0.2, 0.25) is 0 Å². The van der Waals surface area contributed by atoms with Crippen molar-refractivity contribution in [2.75, 3.05) is 0 Å². The Bertz CT molecular complexity index is 242. The average Bonchev–Trinajstić information content (AvgIpc) is 2.92. The minimum absolute atomic E-state index is 0.0365. The summed E-state index contributed by atoms with van der Waals surface area (Å²) in [6.07, 6.45) is 12.1. The standard InChI is InChI=1S/C16H30O.C2H6.CH3N/c1-12(2)6-3-4-7-13-10-11-15-14(13)8-5-9-16(15)17;2*1-2/h12-17H,3-11H2,1-2H3;1-2H3;2H,1H2. The largest absolute Gasteiger partial charge is 0.393 e. The van der Waals surface area contributed by atoms with Gasteiger partial charge in [0.25, 0.3) is 0 Å². The Labute approximate surface area is 133 Å². The van der Waals surface area contributed by atoms with Gasteiger partial charge in [0.05, 0.1) is 6.10 Å². The molecule has 0 aromatic carbocycles. The number of aliphatic hydroxyl groups excluding tert-OH is 1. The second kappa shape index (κ2) is 12.2. The van der Waals surface area contributed by atoms with Crippen molar-refractivity contribution in [2.24, 2.45) is 23.7 Å². The van der Waals surface area contributed by atoms with Crippen LogP contribution in [0.3, 0.4) is 0 Å². The van der Waals surface area contributed by atoms with Crippen LogP contribution < -0.4 is 0 Å². The van der Waals surface area contributed by atoms with E-state index in [0.29, 0.717) is 5.92 Å². The minimum Gasteiger partial charge on any atom is -0.393 e. The van der Waals surface area contributed by atoms with E-state index in [-0.39, 0.29) is 6.10 Å². The molecule has 21 heavy (non-hydrogen) atoms. The molecule has 2 rings (SSSR count). The Kier molecular flexibility index (Phi) is 12.0. The predicted octanol–water partition coefficient (Wildman–Crippen LogP) is 5.68. The Morgan fingerprint density at radius 2 is 1.67 bits per heavy atom. The highest BCUT2D eigenvalue weighted by molar-refractivity contribution is 5.15. The lowest BCUT2D eigenvalue weighted by Gasteiger charge is -2.33. The van der Waals surface area contributed by atoms with Crippen LogP contribution in [0.25, 0.3) is 0 Å². The summed E-state index contributed by atoms with van der Waals surface area (Å²) in [4.78, 5) is 0. The maximum Gasteiger partial charge on any atom is 0.0571 e. The van der Waals surface area contributed by atoms with Crippen LogP contribution in [-0.4, -0.2) is 17.9 Å².